The zero-order valence-corrected chi connectivity index (χ0v) is 12.7. The molecule has 0 aliphatic heterocycles. The third-order valence-corrected chi connectivity index (χ3v) is 3.78. The highest BCUT2D eigenvalue weighted by Gasteiger charge is 2.14. The maximum absolute atomic E-state index is 12.7. The van der Waals surface area contributed by atoms with Gasteiger partial charge in [-0.2, -0.15) is 0 Å². The molecule has 0 aliphatic carbocycles. The van der Waals surface area contributed by atoms with Crippen molar-refractivity contribution in [3.63, 3.8) is 0 Å². The van der Waals surface area contributed by atoms with Crippen LogP contribution in [-0.2, 0) is 0 Å². The topological polar surface area (TPSA) is 39.4 Å². The number of methoxy groups -OCH3 is 1. The smallest absolute Gasteiger partial charge is 0.201 e. The summed E-state index contributed by atoms with van der Waals surface area (Å²) in [6.07, 6.45) is 0. The molecule has 3 aromatic rings. The van der Waals surface area contributed by atoms with Crippen molar-refractivity contribution >= 4 is 35.2 Å². The zero-order chi connectivity index (χ0) is 15.0. The molecular formula is C16H11ClO3S. The molecule has 0 radical (unpaired) electrons. The summed E-state index contributed by atoms with van der Waals surface area (Å²) >= 11 is 10.2. The molecule has 0 atom stereocenters. The molecule has 0 N–H and O–H groups in total. The Bertz CT molecular complexity index is 869. The molecule has 1 heterocycles. The molecule has 3 rings (SSSR count). The summed E-state index contributed by atoms with van der Waals surface area (Å²) in [4.78, 5) is 12.7. The minimum Gasteiger partial charge on any atom is -0.497 e. The van der Waals surface area contributed by atoms with E-state index in [0.29, 0.717) is 32.9 Å². The highest BCUT2D eigenvalue weighted by atomic mass is 35.5. The van der Waals surface area contributed by atoms with Crippen molar-refractivity contribution in [3.05, 3.63) is 57.7 Å². The van der Waals surface area contributed by atoms with Crippen molar-refractivity contribution < 1.29 is 9.15 Å². The van der Waals surface area contributed by atoms with Gasteiger partial charge in [0, 0.05) is 5.02 Å². The van der Waals surface area contributed by atoms with Crippen molar-refractivity contribution in [2.45, 2.75) is 5.09 Å². The summed E-state index contributed by atoms with van der Waals surface area (Å²) < 4.78 is 10.8. The van der Waals surface area contributed by atoms with Crippen LogP contribution in [-0.4, -0.2) is 7.11 Å². The quantitative estimate of drug-likeness (QED) is 0.711. The Morgan fingerprint density at radius 2 is 1.86 bits per heavy atom. The van der Waals surface area contributed by atoms with Gasteiger partial charge in [-0.3, -0.25) is 4.79 Å². The number of rotatable bonds is 2. The summed E-state index contributed by atoms with van der Waals surface area (Å²) in [7, 11) is 1.55. The van der Waals surface area contributed by atoms with Crippen LogP contribution in [0.2, 0.25) is 5.02 Å². The van der Waals surface area contributed by atoms with Crippen molar-refractivity contribution in [2.24, 2.45) is 0 Å². The number of fused-ring (bicyclic) bond motifs is 1. The lowest BCUT2D eigenvalue weighted by Crippen LogP contribution is -2.06. The van der Waals surface area contributed by atoms with Crippen LogP contribution in [0.3, 0.4) is 0 Å². The highest BCUT2D eigenvalue weighted by molar-refractivity contribution is 7.80. The molecule has 0 spiro atoms. The first-order valence-electron chi connectivity index (χ1n) is 6.20. The second-order valence-electron chi connectivity index (χ2n) is 4.48. The average molecular weight is 319 g/mol. The Labute approximate surface area is 131 Å². The van der Waals surface area contributed by atoms with E-state index in [-0.39, 0.29) is 10.5 Å². The predicted octanol–water partition coefficient (Wildman–Crippen LogP) is 4.41. The van der Waals surface area contributed by atoms with Crippen LogP contribution in [0.4, 0.5) is 0 Å². The lowest BCUT2D eigenvalue weighted by molar-refractivity contribution is 0.414. The molecule has 0 bridgehead atoms. The molecule has 106 valence electrons. The zero-order valence-electron chi connectivity index (χ0n) is 11.1. The number of ether oxygens (including phenoxy) is 1. The van der Waals surface area contributed by atoms with E-state index in [1.807, 2.05) is 0 Å². The predicted molar refractivity (Wildman–Crippen MR) is 86.7 cm³/mol. The third kappa shape index (κ3) is 2.52. The number of hydrogen-bond acceptors (Lipinski definition) is 4. The fraction of sp³-hybridized carbons (Fsp3) is 0.0625. The van der Waals surface area contributed by atoms with Crippen LogP contribution in [0, 0.1) is 0 Å². The van der Waals surface area contributed by atoms with Crippen molar-refractivity contribution in [2.75, 3.05) is 7.11 Å². The summed E-state index contributed by atoms with van der Waals surface area (Å²) in [5.74, 6) is 0.601. The Balaban J connectivity index is 2.32. The monoisotopic (exact) mass is 318 g/mol. The molecule has 0 fully saturated rings. The van der Waals surface area contributed by atoms with Gasteiger partial charge in [0.15, 0.2) is 5.09 Å². The van der Waals surface area contributed by atoms with Gasteiger partial charge in [-0.1, -0.05) is 23.7 Å². The first kappa shape index (κ1) is 14.0. The molecule has 1 aromatic heterocycles. The molecular weight excluding hydrogens is 308 g/mol. The first-order chi connectivity index (χ1) is 10.1. The van der Waals surface area contributed by atoms with Gasteiger partial charge < -0.3 is 9.15 Å². The SMILES string of the molecule is COc1ccc2oc(S)c(-c3ccc(Cl)cc3)c(=O)c2c1. The molecule has 0 unspecified atom stereocenters. The molecule has 0 amide bonds. The van der Waals surface area contributed by atoms with Gasteiger partial charge in [0.2, 0.25) is 5.43 Å². The second kappa shape index (κ2) is 5.47. The average Bonchev–Trinajstić information content (AvgIpc) is 2.49. The van der Waals surface area contributed by atoms with Crippen LogP contribution < -0.4 is 10.2 Å². The summed E-state index contributed by atoms with van der Waals surface area (Å²) in [5, 5.41) is 1.34. The van der Waals surface area contributed by atoms with Gasteiger partial charge in [-0.25, -0.2) is 0 Å². The van der Waals surface area contributed by atoms with Gasteiger partial charge in [0.05, 0.1) is 18.1 Å². The van der Waals surface area contributed by atoms with E-state index in [4.69, 9.17) is 20.8 Å². The first-order valence-corrected chi connectivity index (χ1v) is 7.02. The van der Waals surface area contributed by atoms with Gasteiger partial charge in [-0.05, 0) is 35.9 Å². The lowest BCUT2D eigenvalue weighted by atomic mass is 10.1. The van der Waals surface area contributed by atoms with Crippen LogP contribution in [0.1, 0.15) is 0 Å². The van der Waals surface area contributed by atoms with Crippen LogP contribution in [0.5, 0.6) is 5.75 Å². The number of thiol groups is 1. The fourth-order valence-electron chi connectivity index (χ4n) is 2.16. The van der Waals surface area contributed by atoms with Crippen LogP contribution >= 0.6 is 24.2 Å². The number of benzene rings is 2. The van der Waals surface area contributed by atoms with E-state index in [0.717, 1.165) is 0 Å². The maximum Gasteiger partial charge on any atom is 0.201 e. The largest absolute Gasteiger partial charge is 0.497 e. The van der Waals surface area contributed by atoms with E-state index in [9.17, 15) is 4.79 Å². The minimum atomic E-state index is -0.150. The molecule has 3 nitrogen and oxygen atoms in total. The Hall–Kier alpha value is -1.91. The molecule has 21 heavy (non-hydrogen) atoms. The Morgan fingerprint density at radius 3 is 2.52 bits per heavy atom. The minimum absolute atomic E-state index is 0.150. The third-order valence-electron chi connectivity index (χ3n) is 3.21. The molecule has 2 aromatic carbocycles. The van der Waals surface area contributed by atoms with E-state index in [1.165, 1.54) is 0 Å². The van der Waals surface area contributed by atoms with E-state index < -0.39 is 0 Å². The van der Waals surface area contributed by atoms with Gasteiger partial charge >= 0.3 is 0 Å². The summed E-state index contributed by atoms with van der Waals surface area (Å²) in [6, 6.07) is 12.1. The lowest BCUT2D eigenvalue weighted by Gasteiger charge is -2.07. The second-order valence-corrected chi connectivity index (χ2v) is 5.32. The summed E-state index contributed by atoms with van der Waals surface area (Å²) in [5.41, 5.74) is 1.45. The van der Waals surface area contributed by atoms with E-state index >= 15 is 0 Å². The Kier molecular flexibility index (Phi) is 3.66. The molecule has 0 saturated carbocycles. The Morgan fingerprint density at radius 1 is 1.14 bits per heavy atom. The van der Waals surface area contributed by atoms with Crippen molar-refractivity contribution in [3.8, 4) is 16.9 Å². The summed E-state index contributed by atoms with van der Waals surface area (Å²) in [6.45, 7) is 0. The van der Waals surface area contributed by atoms with Crippen LogP contribution in [0.25, 0.3) is 22.1 Å². The van der Waals surface area contributed by atoms with Gasteiger partial charge in [-0.15, -0.1) is 12.6 Å². The number of hydrogen-bond donors (Lipinski definition) is 1. The van der Waals surface area contributed by atoms with Crippen LogP contribution in [0.15, 0.2) is 56.8 Å². The van der Waals surface area contributed by atoms with Crippen molar-refractivity contribution in [1.82, 2.24) is 0 Å². The number of halogens is 1. The maximum atomic E-state index is 12.7. The van der Waals surface area contributed by atoms with E-state index in [2.05, 4.69) is 12.6 Å². The fourth-order valence-corrected chi connectivity index (χ4v) is 2.62. The molecule has 0 saturated heterocycles. The normalized spacial score (nSPS) is 10.8. The molecule has 5 heteroatoms. The standard InChI is InChI=1S/C16H11ClO3S/c1-19-11-6-7-13-12(8-11)15(18)14(16(21)20-13)9-2-4-10(17)5-3-9/h2-8,21H,1H3. The van der Waals surface area contributed by atoms with Gasteiger partial charge in [0.25, 0.3) is 0 Å². The van der Waals surface area contributed by atoms with E-state index in [1.54, 1.807) is 49.6 Å². The van der Waals surface area contributed by atoms with Crippen molar-refractivity contribution in [1.29, 1.82) is 0 Å². The molecule has 0 aliphatic rings. The highest BCUT2D eigenvalue weighted by Crippen LogP contribution is 2.29. The van der Waals surface area contributed by atoms with Gasteiger partial charge in [0.1, 0.15) is 11.3 Å².